The maximum Gasteiger partial charge on any atom is 0.292 e. The van der Waals surface area contributed by atoms with Crippen LogP contribution in [0.1, 0.15) is 30.5 Å². The molecule has 4 nitrogen and oxygen atoms in total. The lowest BCUT2D eigenvalue weighted by atomic mass is 10.1. The van der Waals surface area contributed by atoms with Crippen molar-refractivity contribution < 1.29 is 13.6 Å². The predicted octanol–water partition coefficient (Wildman–Crippen LogP) is 1.58. The van der Waals surface area contributed by atoms with Crippen molar-refractivity contribution in [3.05, 3.63) is 11.3 Å². The van der Waals surface area contributed by atoms with E-state index in [0.717, 1.165) is 0 Å². The van der Waals surface area contributed by atoms with Gasteiger partial charge < -0.3 is 5.32 Å². The molecule has 1 aromatic rings. The third kappa shape index (κ3) is 0.989. The summed E-state index contributed by atoms with van der Waals surface area (Å²) in [6.07, 6.45) is 0.492. The van der Waals surface area contributed by atoms with Crippen LogP contribution in [0.4, 0.5) is 14.6 Å². The van der Waals surface area contributed by atoms with Crippen LogP contribution in [0.2, 0.25) is 0 Å². The van der Waals surface area contributed by atoms with Gasteiger partial charge >= 0.3 is 0 Å². The van der Waals surface area contributed by atoms with Crippen LogP contribution in [0.5, 0.6) is 0 Å². The molecule has 6 heteroatoms. The molecule has 2 N–H and O–H groups in total. The molecule has 1 fully saturated rings. The first-order chi connectivity index (χ1) is 7.01. The van der Waals surface area contributed by atoms with Crippen molar-refractivity contribution >= 4 is 11.7 Å². The first kappa shape index (κ1) is 8.82. The van der Waals surface area contributed by atoms with Crippen molar-refractivity contribution in [2.45, 2.75) is 25.2 Å². The zero-order valence-electron chi connectivity index (χ0n) is 7.97. The molecule has 2 aliphatic carbocycles. The fourth-order valence-electron chi connectivity index (χ4n) is 2.33. The van der Waals surface area contributed by atoms with Crippen LogP contribution in [-0.2, 0) is 10.7 Å². The third-order valence-electron chi connectivity index (χ3n) is 3.06. The van der Waals surface area contributed by atoms with Gasteiger partial charge in [0.25, 0.3) is 5.92 Å². The Balaban J connectivity index is 2.06. The molecule has 0 saturated heterocycles. The molecule has 0 bridgehead atoms. The standard InChI is InChI=1S/C9H9F2N3O/c1-3(15)12-8-6-4-2-5(4)9(10,11)7(6)13-14-8/h4-5H,2H2,1H3,(H2,12,13,14,15)/t4?,5-/m1/s1. The number of rotatable bonds is 1. The molecule has 15 heavy (non-hydrogen) atoms. The van der Waals surface area contributed by atoms with E-state index in [1.54, 1.807) is 0 Å². The van der Waals surface area contributed by atoms with Gasteiger partial charge in [-0.2, -0.15) is 13.9 Å². The minimum absolute atomic E-state index is 0.118. The molecule has 2 atom stereocenters. The molecule has 3 rings (SSSR count). The van der Waals surface area contributed by atoms with Crippen LogP contribution in [0.15, 0.2) is 0 Å². The summed E-state index contributed by atoms with van der Waals surface area (Å²) in [6.45, 7) is 1.33. The van der Waals surface area contributed by atoms with Gasteiger partial charge in [-0.15, -0.1) is 0 Å². The first-order valence-electron chi connectivity index (χ1n) is 4.76. The number of amides is 1. The van der Waals surface area contributed by atoms with Gasteiger partial charge in [0.05, 0.1) is 0 Å². The smallest absolute Gasteiger partial charge is 0.292 e. The highest BCUT2D eigenvalue weighted by Crippen LogP contribution is 2.67. The summed E-state index contributed by atoms with van der Waals surface area (Å²) in [6, 6.07) is 0. The summed E-state index contributed by atoms with van der Waals surface area (Å²) in [4.78, 5) is 10.8. The largest absolute Gasteiger partial charge is 0.309 e. The Morgan fingerprint density at radius 2 is 2.40 bits per heavy atom. The highest BCUT2D eigenvalue weighted by Gasteiger charge is 2.66. The van der Waals surface area contributed by atoms with Crippen molar-refractivity contribution in [1.29, 1.82) is 0 Å². The highest BCUT2D eigenvalue weighted by molar-refractivity contribution is 5.89. The number of aromatic nitrogens is 2. The molecular weight excluding hydrogens is 204 g/mol. The number of alkyl halides is 2. The number of halogens is 2. The summed E-state index contributed by atoms with van der Waals surface area (Å²) in [5, 5.41) is 8.51. The Hall–Kier alpha value is -1.46. The number of hydrogen-bond acceptors (Lipinski definition) is 2. The quantitative estimate of drug-likeness (QED) is 0.744. The minimum atomic E-state index is -2.80. The molecule has 1 unspecified atom stereocenters. The minimum Gasteiger partial charge on any atom is -0.309 e. The first-order valence-corrected chi connectivity index (χ1v) is 4.76. The van der Waals surface area contributed by atoms with Gasteiger partial charge in [0.2, 0.25) is 5.91 Å². The van der Waals surface area contributed by atoms with Gasteiger partial charge in [0.1, 0.15) is 5.69 Å². The summed E-state index contributed by atoms with van der Waals surface area (Å²) in [7, 11) is 0. The van der Waals surface area contributed by atoms with Crippen molar-refractivity contribution in [2.75, 3.05) is 5.32 Å². The molecule has 1 aromatic heterocycles. The van der Waals surface area contributed by atoms with Crippen LogP contribution in [0, 0.1) is 5.92 Å². The summed E-state index contributed by atoms with van der Waals surface area (Å²) in [5.41, 5.74) is 0.382. The van der Waals surface area contributed by atoms with Crippen LogP contribution in [-0.4, -0.2) is 16.1 Å². The average molecular weight is 213 g/mol. The van der Waals surface area contributed by atoms with Crippen molar-refractivity contribution in [1.82, 2.24) is 10.2 Å². The molecule has 0 spiro atoms. The Morgan fingerprint density at radius 1 is 1.67 bits per heavy atom. The van der Waals surface area contributed by atoms with Crippen molar-refractivity contribution in [2.24, 2.45) is 5.92 Å². The van der Waals surface area contributed by atoms with Gasteiger partial charge in [0.15, 0.2) is 5.82 Å². The van der Waals surface area contributed by atoms with E-state index in [2.05, 4.69) is 15.5 Å². The lowest BCUT2D eigenvalue weighted by Gasteiger charge is -2.09. The van der Waals surface area contributed by atoms with E-state index in [4.69, 9.17) is 0 Å². The number of aromatic amines is 1. The van der Waals surface area contributed by atoms with Gasteiger partial charge in [-0.25, -0.2) is 0 Å². The number of anilines is 1. The second-order valence-corrected chi connectivity index (χ2v) is 4.11. The zero-order valence-corrected chi connectivity index (χ0v) is 7.97. The van der Waals surface area contributed by atoms with Crippen LogP contribution in [0.25, 0.3) is 0 Å². The normalized spacial score (nSPS) is 29.5. The molecule has 1 saturated carbocycles. The topological polar surface area (TPSA) is 57.8 Å². The van der Waals surface area contributed by atoms with E-state index >= 15 is 0 Å². The van der Waals surface area contributed by atoms with Crippen LogP contribution >= 0.6 is 0 Å². The Labute approximate surface area is 84.0 Å². The van der Waals surface area contributed by atoms with Gasteiger partial charge in [-0.05, 0) is 12.3 Å². The number of carbonyl (C=O) groups is 1. The Bertz CT molecular complexity index is 454. The van der Waals surface area contributed by atoms with Crippen LogP contribution in [0.3, 0.4) is 0 Å². The van der Waals surface area contributed by atoms with E-state index in [0.29, 0.717) is 12.0 Å². The number of fused-ring (bicyclic) bond motifs is 3. The third-order valence-corrected chi connectivity index (χ3v) is 3.06. The monoisotopic (exact) mass is 213 g/mol. The summed E-state index contributed by atoms with van der Waals surface area (Å²) >= 11 is 0. The van der Waals surface area contributed by atoms with E-state index in [9.17, 15) is 13.6 Å². The second-order valence-electron chi connectivity index (χ2n) is 4.11. The van der Waals surface area contributed by atoms with Gasteiger partial charge in [-0.1, -0.05) is 0 Å². The Morgan fingerprint density at radius 3 is 3.07 bits per heavy atom. The number of carbonyl (C=O) groups excluding carboxylic acids is 1. The second kappa shape index (κ2) is 2.37. The molecule has 0 aromatic carbocycles. The predicted molar refractivity (Wildman–Crippen MR) is 47.6 cm³/mol. The molecule has 1 amide bonds. The Kier molecular flexibility index (Phi) is 1.39. The number of nitrogens with zero attached hydrogens (tertiary/aromatic N) is 1. The molecule has 2 aliphatic rings. The van der Waals surface area contributed by atoms with E-state index < -0.39 is 11.8 Å². The molecule has 0 radical (unpaired) electrons. The molecule has 1 heterocycles. The van der Waals surface area contributed by atoms with Gasteiger partial charge in [0, 0.05) is 18.4 Å². The fraction of sp³-hybridized carbons (Fsp3) is 0.556. The van der Waals surface area contributed by atoms with E-state index in [1.165, 1.54) is 6.92 Å². The van der Waals surface area contributed by atoms with E-state index in [1.807, 2.05) is 0 Å². The molecule has 80 valence electrons. The molecular formula is C9H9F2N3O. The van der Waals surface area contributed by atoms with E-state index in [-0.39, 0.29) is 23.3 Å². The summed E-state index contributed by atoms with van der Waals surface area (Å²) < 4.78 is 27.1. The molecule has 0 aliphatic heterocycles. The SMILES string of the molecule is CC(=O)Nc1n[nH]c2c1C1C[C@H]1C2(F)F. The average Bonchev–Trinajstić information content (AvgIpc) is 2.76. The number of nitrogens with one attached hydrogen (secondary N) is 2. The fourth-order valence-corrected chi connectivity index (χ4v) is 2.33. The lowest BCUT2D eigenvalue weighted by molar-refractivity contribution is -0.114. The zero-order chi connectivity index (χ0) is 10.8. The lowest BCUT2D eigenvalue weighted by Crippen LogP contribution is -2.14. The van der Waals surface area contributed by atoms with Crippen molar-refractivity contribution in [3.63, 3.8) is 0 Å². The maximum atomic E-state index is 13.5. The van der Waals surface area contributed by atoms with Crippen LogP contribution < -0.4 is 5.32 Å². The number of hydrogen-bond donors (Lipinski definition) is 2. The van der Waals surface area contributed by atoms with Gasteiger partial charge in [-0.3, -0.25) is 9.89 Å². The van der Waals surface area contributed by atoms with Crippen molar-refractivity contribution in [3.8, 4) is 0 Å². The maximum absolute atomic E-state index is 13.5. The highest BCUT2D eigenvalue weighted by atomic mass is 19.3. The summed E-state index contributed by atoms with van der Waals surface area (Å²) in [5.74, 6) is -3.55. The number of H-pyrrole nitrogens is 1.